The molecule has 0 aliphatic heterocycles. The van der Waals surface area contributed by atoms with E-state index in [-0.39, 0.29) is 11.9 Å². The van der Waals surface area contributed by atoms with Gasteiger partial charge < -0.3 is 9.84 Å². The monoisotopic (exact) mass is 154 g/mol. The van der Waals surface area contributed by atoms with Crippen LogP contribution < -0.4 is 4.74 Å². The van der Waals surface area contributed by atoms with Crippen molar-refractivity contribution in [3.05, 3.63) is 12.3 Å². The highest BCUT2D eigenvalue weighted by molar-refractivity contribution is 5.68. The zero-order chi connectivity index (χ0) is 8.27. The number of esters is 1. The smallest absolute Gasteiger partial charge is 0.327 e. The average molecular weight is 154 g/mol. The SMILES string of the molecule is CC(=O)Oc1nccc(O)n1. The molecule has 1 aromatic heterocycles. The van der Waals surface area contributed by atoms with Crippen molar-refractivity contribution < 1.29 is 14.6 Å². The van der Waals surface area contributed by atoms with E-state index in [4.69, 9.17) is 5.11 Å². The summed E-state index contributed by atoms with van der Waals surface area (Å²) >= 11 is 0. The van der Waals surface area contributed by atoms with Gasteiger partial charge >= 0.3 is 12.0 Å². The van der Waals surface area contributed by atoms with Gasteiger partial charge in [-0.25, -0.2) is 4.98 Å². The number of nitrogens with zero attached hydrogens (tertiary/aromatic N) is 2. The minimum Gasteiger partial charge on any atom is -0.493 e. The molecule has 0 saturated heterocycles. The third-order valence-corrected chi connectivity index (χ3v) is 0.854. The number of carbonyl (C=O) groups excluding carboxylic acids is 1. The number of aromatic nitrogens is 2. The Morgan fingerprint density at radius 1 is 1.73 bits per heavy atom. The largest absolute Gasteiger partial charge is 0.493 e. The highest BCUT2D eigenvalue weighted by atomic mass is 16.5. The van der Waals surface area contributed by atoms with E-state index >= 15 is 0 Å². The van der Waals surface area contributed by atoms with Crippen LogP contribution in [-0.4, -0.2) is 21.0 Å². The fraction of sp³-hybridized carbons (Fsp3) is 0.167. The van der Waals surface area contributed by atoms with E-state index in [0.29, 0.717) is 0 Å². The van der Waals surface area contributed by atoms with Crippen LogP contribution >= 0.6 is 0 Å². The second kappa shape index (κ2) is 2.96. The summed E-state index contributed by atoms with van der Waals surface area (Å²) in [6.07, 6.45) is 1.29. The number of hydrogen-bond donors (Lipinski definition) is 1. The van der Waals surface area contributed by atoms with Crippen molar-refractivity contribution in [1.29, 1.82) is 0 Å². The van der Waals surface area contributed by atoms with Gasteiger partial charge in [0.1, 0.15) is 0 Å². The minimum absolute atomic E-state index is 0.141. The first kappa shape index (κ1) is 7.46. The molecule has 0 bridgehead atoms. The summed E-state index contributed by atoms with van der Waals surface area (Å²) in [6, 6.07) is 1.14. The molecular formula is C6H6N2O3. The molecule has 5 heteroatoms. The van der Waals surface area contributed by atoms with E-state index in [9.17, 15) is 4.79 Å². The number of rotatable bonds is 1. The summed E-state index contributed by atoms with van der Waals surface area (Å²) in [5.41, 5.74) is 0. The topological polar surface area (TPSA) is 72.3 Å². The summed E-state index contributed by atoms with van der Waals surface area (Å²) in [5, 5.41) is 8.78. The van der Waals surface area contributed by atoms with Gasteiger partial charge in [-0.15, -0.1) is 0 Å². The van der Waals surface area contributed by atoms with Crippen LogP contribution in [0.25, 0.3) is 0 Å². The number of ether oxygens (including phenoxy) is 1. The Morgan fingerprint density at radius 3 is 3.00 bits per heavy atom. The van der Waals surface area contributed by atoms with Crippen LogP contribution in [-0.2, 0) is 4.79 Å². The van der Waals surface area contributed by atoms with Crippen LogP contribution in [0.3, 0.4) is 0 Å². The average Bonchev–Trinajstić information content (AvgIpc) is 1.85. The van der Waals surface area contributed by atoms with Gasteiger partial charge in [0.05, 0.1) is 0 Å². The summed E-state index contributed by atoms with van der Waals surface area (Å²) in [5.74, 6) is -0.744. The zero-order valence-corrected chi connectivity index (χ0v) is 5.81. The Labute approximate surface area is 62.7 Å². The number of carbonyl (C=O) groups is 1. The van der Waals surface area contributed by atoms with E-state index in [2.05, 4.69) is 14.7 Å². The van der Waals surface area contributed by atoms with Crippen LogP contribution in [0.4, 0.5) is 0 Å². The second-order valence-electron chi connectivity index (χ2n) is 1.79. The molecule has 0 atom stereocenters. The lowest BCUT2D eigenvalue weighted by atomic mass is 10.6. The Hall–Kier alpha value is -1.65. The quantitative estimate of drug-likeness (QED) is 0.581. The number of aromatic hydroxyl groups is 1. The predicted molar refractivity (Wildman–Crippen MR) is 35.0 cm³/mol. The molecule has 58 valence electrons. The highest BCUT2D eigenvalue weighted by Crippen LogP contribution is 2.06. The Balaban J connectivity index is 2.79. The molecule has 0 unspecified atom stereocenters. The van der Waals surface area contributed by atoms with Gasteiger partial charge in [0.2, 0.25) is 5.88 Å². The standard InChI is InChI=1S/C6H6N2O3/c1-4(9)11-6-7-3-2-5(10)8-6/h2-3H,1H3,(H,7,8,10). The summed E-state index contributed by atoms with van der Waals surface area (Å²) in [6.45, 7) is 1.23. The lowest BCUT2D eigenvalue weighted by molar-refractivity contribution is -0.132. The van der Waals surface area contributed by atoms with Gasteiger partial charge in [0.15, 0.2) is 0 Å². The zero-order valence-electron chi connectivity index (χ0n) is 5.81. The molecular weight excluding hydrogens is 148 g/mol. The summed E-state index contributed by atoms with van der Waals surface area (Å²) in [7, 11) is 0. The summed E-state index contributed by atoms with van der Waals surface area (Å²) < 4.78 is 4.47. The van der Waals surface area contributed by atoms with E-state index in [1.807, 2.05) is 0 Å². The van der Waals surface area contributed by atoms with Crippen molar-refractivity contribution in [2.75, 3.05) is 0 Å². The highest BCUT2D eigenvalue weighted by Gasteiger charge is 2.00. The van der Waals surface area contributed by atoms with Crippen LogP contribution in [0.2, 0.25) is 0 Å². The van der Waals surface area contributed by atoms with Crippen molar-refractivity contribution in [2.45, 2.75) is 6.92 Å². The maximum atomic E-state index is 10.3. The summed E-state index contributed by atoms with van der Waals surface area (Å²) in [4.78, 5) is 17.3. The van der Waals surface area contributed by atoms with Gasteiger partial charge in [0.25, 0.3) is 0 Å². The first-order valence-electron chi connectivity index (χ1n) is 2.89. The molecule has 1 aromatic rings. The molecule has 0 spiro atoms. The molecule has 0 aromatic carbocycles. The maximum Gasteiger partial charge on any atom is 0.327 e. The Morgan fingerprint density at radius 2 is 2.45 bits per heavy atom. The first-order valence-corrected chi connectivity index (χ1v) is 2.89. The fourth-order valence-electron chi connectivity index (χ4n) is 0.510. The molecule has 0 aliphatic rings. The lowest BCUT2D eigenvalue weighted by Gasteiger charge is -1.96. The lowest BCUT2D eigenvalue weighted by Crippen LogP contribution is -2.04. The fourth-order valence-corrected chi connectivity index (χ4v) is 0.510. The molecule has 1 rings (SSSR count). The molecule has 0 amide bonds. The van der Waals surface area contributed by atoms with Crippen molar-refractivity contribution in [3.8, 4) is 11.9 Å². The van der Waals surface area contributed by atoms with E-state index in [1.54, 1.807) is 0 Å². The molecule has 0 fully saturated rings. The molecule has 1 heterocycles. The predicted octanol–water partition coefficient (Wildman–Crippen LogP) is 0.107. The Bertz CT molecular complexity index is 274. The molecule has 0 radical (unpaired) electrons. The van der Waals surface area contributed by atoms with Gasteiger partial charge in [0, 0.05) is 19.2 Å². The van der Waals surface area contributed by atoms with Crippen LogP contribution in [0.5, 0.6) is 11.9 Å². The van der Waals surface area contributed by atoms with E-state index in [1.165, 1.54) is 19.2 Å². The van der Waals surface area contributed by atoms with Crippen molar-refractivity contribution in [3.63, 3.8) is 0 Å². The molecule has 11 heavy (non-hydrogen) atoms. The van der Waals surface area contributed by atoms with E-state index < -0.39 is 5.97 Å². The van der Waals surface area contributed by atoms with Gasteiger partial charge in [-0.3, -0.25) is 4.79 Å². The third kappa shape index (κ3) is 2.21. The molecule has 0 aliphatic carbocycles. The van der Waals surface area contributed by atoms with Crippen molar-refractivity contribution in [1.82, 2.24) is 9.97 Å². The molecule has 0 saturated carbocycles. The van der Waals surface area contributed by atoms with Gasteiger partial charge in [-0.1, -0.05) is 0 Å². The van der Waals surface area contributed by atoms with Crippen molar-refractivity contribution in [2.24, 2.45) is 0 Å². The van der Waals surface area contributed by atoms with Crippen molar-refractivity contribution >= 4 is 5.97 Å². The second-order valence-corrected chi connectivity index (χ2v) is 1.79. The Kier molecular flexibility index (Phi) is 2.00. The van der Waals surface area contributed by atoms with Crippen LogP contribution in [0, 0.1) is 0 Å². The van der Waals surface area contributed by atoms with Gasteiger partial charge in [-0.2, -0.15) is 4.98 Å². The third-order valence-electron chi connectivity index (χ3n) is 0.854. The number of hydrogen-bond acceptors (Lipinski definition) is 5. The maximum absolute atomic E-state index is 10.3. The molecule has 5 nitrogen and oxygen atoms in total. The molecule has 1 N–H and O–H groups in total. The van der Waals surface area contributed by atoms with E-state index in [0.717, 1.165) is 0 Å². The van der Waals surface area contributed by atoms with Crippen LogP contribution in [0.1, 0.15) is 6.92 Å². The van der Waals surface area contributed by atoms with Gasteiger partial charge in [-0.05, 0) is 0 Å². The normalized spacial score (nSPS) is 9.18. The van der Waals surface area contributed by atoms with Crippen LogP contribution in [0.15, 0.2) is 12.3 Å². The minimum atomic E-state index is -0.518. The first-order chi connectivity index (χ1) is 5.18.